The maximum absolute atomic E-state index is 9.93. The van der Waals surface area contributed by atoms with Gasteiger partial charge < -0.3 is 5.32 Å². The Morgan fingerprint density at radius 1 is 1.26 bits per heavy atom. The predicted octanol–water partition coefficient (Wildman–Crippen LogP) is 5.91. The van der Waals surface area contributed by atoms with Crippen LogP contribution in [-0.4, -0.2) is 31.5 Å². The van der Waals surface area contributed by atoms with Crippen LogP contribution in [0.4, 0.5) is 5.82 Å². The molecule has 0 unspecified atom stereocenters. The lowest BCUT2D eigenvalue weighted by Crippen LogP contribution is -2.19. The summed E-state index contributed by atoms with van der Waals surface area (Å²) >= 11 is 6.61. The molecule has 178 valence electrons. The first-order chi connectivity index (χ1) is 17.2. The fourth-order valence-corrected chi connectivity index (χ4v) is 4.32. The topological polar surface area (TPSA) is 92.3 Å². The molecule has 0 spiro atoms. The molecule has 4 aromatic rings. The summed E-state index contributed by atoms with van der Waals surface area (Å²) in [5.74, 6) is -0.637. The first-order valence-corrected chi connectivity index (χ1v) is 12.1. The van der Waals surface area contributed by atoms with Gasteiger partial charge in [-0.2, -0.15) is 5.26 Å². The number of hydrogen-bond acceptors (Lipinski definition) is 6. The molecule has 0 bridgehead atoms. The Labute approximate surface area is 211 Å². The van der Waals surface area contributed by atoms with Gasteiger partial charge in [0, 0.05) is 30.4 Å². The Kier molecular flexibility index (Phi) is 5.83. The van der Waals surface area contributed by atoms with Crippen molar-refractivity contribution in [2.75, 3.05) is 11.9 Å². The van der Waals surface area contributed by atoms with Gasteiger partial charge in [0.05, 0.1) is 22.8 Å². The van der Waals surface area contributed by atoms with Crippen LogP contribution in [0.1, 0.15) is 69.3 Å². The molecule has 1 aliphatic rings. The van der Waals surface area contributed by atoms with Crippen LogP contribution in [0.2, 0.25) is 5.02 Å². The third-order valence-corrected chi connectivity index (χ3v) is 6.36. The summed E-state index contributed by atoms with van der Waals surface area (Å²) in [5.41, 5.74) is 3.02. The number of hydrogen-bond donors (Lipinski definition) is 1. The second-order valence-corrected chi connectivity index (χ2v) is 10.6. The van der Waals surface area contributed by atoms with Crippen LogP contribution in [0.15, 0.2) is 48.9 Å². The molecule has 2 aromatic carbocycles. The maximum atomic E-state index is 9.93. The van der Waals surface area contributed by atoms with Gasteiger partial charge in [-0.1, -0.05) is 55.8 Å². The second kappa shape index (κ2) is 9.27. The van der Waals surface area contributed by atoms with E-state index in [0.717, 1.165) is 23.8 Å². The summed E-state index contributed by atoms with van der Waals surface area (Å²) in [6, 6.07) is 13.8. The number of nitrogens with one attached hydrogen (secondary N) is 1. The van der Waals surface area contributed by atoms with E-state index in [9.17, 15) is 6.63 Å². The fourth-order valence-electron chi connectivity index (χ4n) is 4.07. The quantitative estimate of drug-likeness (QED) is 0.349. The van der Waals surface area contributed by atoms with E-state index < -0.39 is 5.89 Å². The number of nitrogens with zero attached hydrogens (tertiary/aromatic N) is 6. The molecule has 1 atom stereocenters. The van der Waals surface area contributed by atoms with E-state index in [0.29, 0.717) is 45.8 Å². The number of nitriles is 1. The molecular formula is C27H28ClN7. The number of aromatic nitrogens is 5. The SMILES string of the molecule is [2H][C@](Cc1cc(C#N)c2ncnc(NCC(C)(C)C)c2c1)(c1cn(C2CC2)nn1)c1ccccc1Cl. The Bertz CT molecular complexity index is 1470. The van der Waals surface area contributed by atoms with Crippen molar-refractivity contribution in [3.05, 3.63) is 76.3 Å². The zero-order valence-corrected chi connectivity index (χ0v) is 20.8. The average molecular weight is 487 g/mol. The van der Waals surface area contributed by atoms with Crippen LogP contribution in [0.25, 0.3) is 10.9 Å². The molecule has 35 heavy (non-hydrogen) atoms. The van der Waals surface area contributed by atoms with Crippen molar-refractivity contribution >= 4 is 28.3 Å². The molecule has 8 heteroatoms. The molecule has 0 radical (unpaired) electrons. The highest BCUT2D eigenvalue weighted by molar-refractivity contribution is 6.31. The van der Waals surface area contributed by atoms with Gasteiger partial charge in [0.1, 0.15) is 18.2 Å². The van der Waals surface area contributed by atoms with E-state index in [1.807, 2.05) is 35.1 Å². The van der Waals surface area contributed by atoms with E-state index in [2.05, 4.69) is 52.4 Å². The summed E-state index contributed by atoms with van der Waals surface area (Å²) in [5, 5.41) is 23.3. The van der Waals surface area contributed by atoms with E-state index in [4.69, 9.17) is 11.6 Å². The van der Waals surface area contributed by atoms with Gasteiger partial charge in [-0.25, -0.2) is 14.6 Å². The average Bonchev–Trinajstić information content (AvgIpc) is 3.57. The predicted molar refractivity (Wildman–Crippen MR) is 137 cm³/mol. The van der Waals surface area contributed by atoms with Crippen LogP contribution < -0.4 is 5.32 Å². The molecule has 0 aliphatic heterocycles. The third-order valence-electron chi connectivity index (χ3n) is 6.03. The zero-order chi connectivity index (χ0) is 25.5. The first kappa shape index (κ1) is 22.0. The molecule has 0 amide bonds. The Morgan fingerprint density at radius 2 is 2.06 bits per heavy atom. The lowest BCUT2D eigenvalue weighted by atomic mass is 9.88. The van der Waals surface area contributed by atoms with Crippen molar-refractivity contribution in [1.29, 1.82) is 5.26 Å². The van der Waals surface area contributed by atoms with Crippen LogP contribution in [-0.2, 0) is 6.42 Å². The number of anilines is 1. The van der Waals surface area contributed by atoms with Gasteiger partial charge in [-0.3, -0.25) is 0 Å². The van der Waals surface area contributed by atoms with Gasteiger partial charge in [0.2, 0.25) is 0 Å². The van der Waals surface area contributed by atoms with Crippen LogP contribution in [0.5, 0.6) is 0 Å². The molecule has 2 aromatic heterocycles. The summed E-state index contributed by atoms with van der Waals surface area (Å²) in [7, 11) is 0. The van der Waals surface area contributed by atoms with Gasteiger partial charge in [-0.15, -0.1) is 5.10 Å². The van der Waals surface area contributed by atoms with Crippen LogP contribution in [0, 0.1) is 16.7 Å². The first-order valence-electron chi connectivity index (χ1n) is 12.3. The maximum Gasteiger partial charge on any atom is 0.137 e. The van der Waals surface area contributed by atoms with Crippen LogP contribution in [0.3, 0.4) is 0 Å². The van der Waals surface area contributed by atoms with Gasteiger partial charge in [0.15, 0.2) is 0 Å². The van der Waals surface area contributed by atoms with E-state index in [-0.39, 0.29) is 11.8 Å². The zero-order valence-electron chi connectivity index (χ0n) is 21.1. The van der Waals surface area contributed by atoms with E-state index >= 15 is 0 Å². The lowest BCUT2D eigenvalue weighted by Gasteiger charge is -2.20. The normalized spacial score (nSPS) is 15.9. The summed E-state index contributed by atoms with van der Waals surface area (Å²) < 4.78 is 11.5. The molecule has 2 heterocycles. The van der Waals surface area contributed by atoms with Crippen molar-refractivity contribution in [1.82, 2.24) is 25.0 Å². The molecular weight excluding hydrogens is 458 g/mol. The second-order valence-electron chi connectivity index (χ2n) is 10.2. The van der Waals surface area contributed by atoms with Gasteiger partial charge in [0.25, 0.3) is 0 Å². The van der Waals surface area contributed by atoms with Crippen molar-refractivity contribution in [2.45, 2.75) is 52.0 Å². The van der Waals surface area contributed by atoms with Crippen LogP contribution >= 0.6 is 11.6 Å². The van der Waals surface area contributed by atoms with Crippen molar-refractivity contribution in [3.63, 3.8) is 0 Å². The van der Waals surface area contributed by atoms with Crippen molar-refractivity contribution in [2.24, 2.45) is 5.41 Å². The summed E-state index contributed by atoms with van der Waals surface area (Å²) in [4.78, 5) is 8.85. The molecule has 1 fully saturated rings. The van der Waals surface area contributed by atoms with Gasteiger partial charge >= 0.3 is 0 Å². The minimum Gasteiger partial charge on any atom is -0.369 e. The summed E-state index contributed by atoms with van der Waals surface area (Å²) in [6.07, 6.45) is 5.72. The number of benzene rings is 2. The Hall–Kier alpha value is -3.50. The smallest absolute Gasteiger partial charge is 0.137 e. The van der Waals surface area contributed by atoms with Gasteiger partial charge in [-0.05, 0) is 54.0 Å². The highest BCUT2D eigenvalue weighted by Gasteiger charge is 2.28. The van der Waals surface area contributed by atoms with E-state index in [1.54, 1.807) is 12.1 Å². The summed E-state index contributed by atoms with van der Waals surface area (Å²) in [6.45, 7) is 7.13. The number of fused-ring (bicyclic) bond motifs is 1. The minimum atomic E-state index is -1.31. The monoisotopic (exact) mass is 486 g/mol. The fraction of sp³-hybridized carbons (Fsp3) is 0.370. The molecule has 1 saturated carbocycles. The number of rotatable bonds is 7. The molecule has 0 saturated heterocycles. The molecule has 5 rings (SSSR count). The van der Waals surface area contributed by atoms with Crippen molar-refractivity contribution < 1.29 is 1.37 Å². The molecule has 1 aliphatic carbocycles. The lowest BCUT2D eigenvalue weighted by molar-refractivity contribution is 0.442. The highest BCUT2D eigenvalue weighted by Crippen LogP contribution is 2.37. The third kappa shape index (κ3) is 5.13. The molecule has 1 N–H and O–H groups in total. The Morgan fingerprint density at radius 3 is 2.77 bits per heavy atom. The largest absolute Gasteiger partial charge is 0.369 e. The standard InChI is InChI=1S/C27H28ClN7/c1-27(2,3)15-30-26-22-12-17(10-18(13-29)25(22)31-16-32-26)11-21(20-6-4-5-7-23(20)28)24-14-35(34-33-24)19-8-9-19/h4-7,10,12,14,16,19,21H,8-9,11,15H2,1-3H3,(H,30,31,32)/t21-/m1/s1/i21D. The minimum absolute atomic E-state index is 0.0424. The Balaban J connectivity index is 1.62. The van der Waals surface area contributed by atoms with Crippen molar-refractivity contribution in [3.8, 4) is 6.07 Å². The number of halogens is 1. The van der Waals surface area contributed by atoms with E-state index in [1.165, 1.54) is 6.33 Å². The molecule has 7 nitrogen and oxygen atoms in total. The highest BCUT2D eigenvalue weighted by atomic mass is 35.5.